The van der Waals surface area contributed by atoms with E-state index in [0.717, 1.165) is 17.4 Å². The Labute approximate surface area is 166 Å². The Bertz CT molecular complexity index is 1180. The van der Waals surface area contributed by atoms with Crippen molar-refractivity contribution in [3.05, 3.63) is 74.4 Å². The number of nitrogens with zero attached hydrogens (tertiary/aromatic N) is 2. The van der Waals surface area contributed by atoms with E-state index in [4.69, 9.17) is 11.6 Å². The summed E-state index contributed by atoms with van der Waals surface area (Å²) in [6.07, 6.45) is 2.33. The van der Waals surface area contributed by atoms with Gasteiger partial charge >= 0.3 is 5.69 Å². The molecule has 28 heavy (non-hydrogen) atoms. The molecule has 3 aromatic rings. The van der Waals surface area contributed by atoms with Gasteiger partial charge in [-0.25, -0.2) is 9.36 Å². The zero-order valence-corrected chi connectivity index (χ0v) is 16.1. The van der Waals surface area contributed by atoms with Gasteiger partial charge in [0.2, 0.25) is 5.91 Å². The molecule has 0 saturated heterocycles. The molecular weight excluding hydrogens is 378 g/mol. The van der Waals surface area contributed by atoms with Crippen molar-refractivity contribution in [2.24, 2.45) is 0 Å². The monoisotopic (exact) mass is 397 g/mol. The van der Waals surface area contributed by atoms with Crippen LogP contribution in [-0.4, -0.2) is 21.1 Å². The Hall–Kier alpha value is -2.86. The summed E-state index contributed by atoms with van der Waals surface area (Å²) in [7, 11) is 0. The number of nitrogens with one attached hydrogen (secondary N) is 1. The molecule has 7 heteroatoms. The lowest BCUT2D eigenvalue weighted by molar-refractivity contribution is -0.124. The number of halogens is 1. The lowest BCUT2D eigenvalue weighted by Gasteiger charge is -2.21. The van der Waals surface area contributed by atoms with Crippen molar-refractivity contribution < 1.29 is 4.79 Å². The van der Waals surface area contributed by atoms with E-state index in [9.17, 15) is 14.4 Å². The minimum atomic E-state index is -0.715. The average Bonchev–Trinajstić information content (AvgIpc) is 3.50. The topological polar surface area (TPSA) is 73.1 Å². The van der Waals surface area contributed by atoms with Crippen LogP contribution in [0.25, 0.3) is 16.6 Å². The van der Waals surface area contributed by atoms with Crippen LogP contribution in [0.2, 0.25) is 5.02 Å². The molecule has 0 spiro atoms. The molecule has 0 unspecified atom stereocenters. The second-order valence-corrected chi connectivity index (χ2v) is 7.38. The largest absolute Gasteiger partial charge is 0.352 e. The summed E-state index contributed by atoms with van der Waals surface area (Å²) < 4.78 is 2.47. The number of amides is 1. The predicted molar refractivity (Wildman–Crippen MR) is 109 cm³/mol. The fourth-order valence-electron chi connectivity index (χ4n) is 3.44. The van der Waals surface area contributed by atoms with E-state index in [2.05, 4.69) is 5.32 Å². The Morgan fingerprint density at radius 3 is 2.50 bits per heavy atom. The summed E-state index contributed by atoms with van der Waals surface area (Å²) in [5.74, 6) is -0.207. The number of hydrogen-bond acceptors (Lipinski definition) is 3. The van der Waals surface area contributed by atoms with Crippen molar-refractivity contribution >= 4 is 28.4 Å². The van der Waals surface area contributed by atoms with Gasteiger partial charge in [-0.05, 0) is 43.5 Å². The molecule has 6 nitrogen and oxygen atoms in total. The van der Waals surface area contributed by atoms with Crippen LogP contribution in [0.5, 0.6) is 0 Å². The smallest absolute Gasteiger partial charge is 0.336 e. The molecule has 1 heterocycles. The zero-order chi connectivity index (χ0) is 19.8. The highest BCUT2D eigenvalue weighted by molar-refractivity contribution is 6.32. The van der Waals surface area contributed by atoms with E-state index in [-0.39, 0.29) is 11.9 Å². The molecule has 1 atom stereocenters. The number of para-hydroxylation sites is 2. The molecule has 1 aliphatic carbocycles. The van der Waals surface area contributed by atoms with Crippen LogP contribution in [0.4, 0.5) is 0 Å². The molecule has 144 valence electrons. The third-order valence-electron chi connectivity index (χ3n) is 5.01. The van der Waals surface area contributed by atoms with Crippen molar-refractivity contribution in [3.63, 3.8) is 0 Å². The second kappa shape index (κ2) is 7.28. The van der Waals surface area contributed by atoms with Crippen molar-refractivity contribution in [3.8, 4) is 5.69 Å². The van der Waals surface area contributed by atoms with Gasteiger partial charge in [-0.2, -0.15) is 0 Å². The summed E-state index contributed by atoms with van der Waals surface area (Å²) in [5.41, 5.74) is -0.285. The maximum Gasteiger partial charge on any atom is 0.336 e. The van der Waals surface area contributed by atoms with Gasteiger partial charge in [0.05, 0.1) is 21.6 Å². The number of carbonyl (C=O) groups is 1. The Morgan fingerprint density at radius 1 is 1.14 bits per heavy atom. The molecule has 1 N–H and O–H groups in total. The molecule has 0 radical (unpaired) electrons. The van der Waals surface area contributed by atoms with Crippen molar-refractivity contribution in [1.82, 2.24) is 14.5 Å². The molecule has 4 rings (SSSR count). The first-order valence-corrected chi connectivity index (χ1v) is 9.72. The number of benzene rings is 2. The highest BCUT2D eigenvalue weighted by Crippen LogP contribution is 2.23. The van der Waals surface area contributed by atoms with Crippen molar-refractivity contribution in [1.29, 1.82) is 0 Å². The molecule has 0 aliphatic heterocycles. The molecule has 1 fully saturated rings. The summed E-state index contributed by atoms with van der Waals surface area (Å²) in [5, 5.41) is 3.62. The van der Waals surface area contributed by atoms with Gasteiger partial charge in [0, 0.05) is 6.04 Å². The first kappa shape index (κ1) is 18.5. The molecule has 0 bridgehead atoms. The van der Waals surface area contributed by atoms with E-state index in [1.54, 1.807) is 48.5 Å². The first-order chi connectivity index (χ1) is 13.5. The van der Waals surface area contributed by atoms with Crippen LogP contribution in [0.1, 0.15) is 32.2 Å². The highest BCUT2D eigenvalue weighted by Gasteiger charge is 2.30. The molecule has 1 aromatic heterocycles. The third-order valence-corrected chi connectivity index (χ3v) is 5.33. The normalized spacial score (nSPS) is 14.8. The fraction of sp³-hybridized carbons (Fsp3) is 0.286. The van der Waals surface area contributed by atoms with Gasteiger partial charge in [-0.15, -0.1) is 0 Å². The van der Waals surface area contributed by atoms with Gasteiger partial charge in [0.15, 0.2) is 0 Å². The summed E-state index contributed by atoms with van der Waals surface area (Å²) in [6, 6.07) is 13.0. The van der Waals surface area contributed by atoms with Gasteiger partial charge in [-0.1, -0.05) is 42.8 Å². The van der Waals surface area contributed by atoms with Gasteiger partial charge in [0.1, 0.15) is 6.04 Å². The minimum Gasteiger partial charge on any atom is -0.352 e. The second-order valence-electron chi connectivity index (χ2n) is 6.97. The third kappa shape index (κ3) is 3.14. The maximum atomic E-state index is 13.4. The van der Waals surface area contributed by atoms with Crippen LogP contribution in [0, 0.1) is 0 Å². The number of aromatic nitrogens is 2. The van der Waals surface area contributed by atoms with Gasteiger partial charge in [-0.3, -0.25) is 14.2 Å². The summed E-state index contributed by atoms with van der Waals surface area (Å²) in [4.78, 5) is 39.4. The Kier molecular flexibility index (Phi) is 4.81. The van der Waals surface area contributed by atoms with E-state index >= 15 is 0 Å². The number of fused-ring (bicyclic) bond motifs is 1. The quantitative estimate of drug-likeness (QED) is 0.719. The van der Waals surface area contributed by atoms with E-state index < -0.39 is 17.3 Å². The van der Waals surface area contributed by atoms with E-state index in [1.165, 1.54) is 4.57 Å². The molecule has 2 aromatic carbocycles. The Morgan fingerprint density at radius 2 is 1.82 bits per heavy atom. The van der Waals surface area contributed by atoms with E-state index in [0.29, 0.717) is 28.0 Å². The van der Waals surface area contributed by atoms with Crippen LogP contribution in [-0.2, 0) is 4.79 Å². The summed E-state index contributed by atoms with van der Waals surface area (Å²) >= 11 is 6.27. The molecule has 1 amide bonds. The van der Waals surface area contributed by atoms with Crippen LogP contribution < -0.4 is 16.6 Å². The lowest BCUT2D eigenvalue weighted by Crippen LogP contribution is -2.44. The standard InChI is InChI=1S/C21H20ClN3O3/c1-2-16(19(26)23-13-11-12-13)24-17-9-5-3-7-14(17)20(27)25(21(24)28)18-10-6-4-8-15(18)22/h3-10,13,16H,2,11-12H2,1H3,(H,23,26)/t16-/m1/s1. The molecule has 1 saturated carbocycles. The first-order valence-electron chi connectivity index (χ1n) is 9.34. The van der Waals surface area contributed by atoms with Crippen LogP contribution in [0.3, 0.4) is 0 Å². The fourth-order valence-corrected chi connectivity index (χ4v) is 3.66. The minimum absolute atomic E-state index is 0.179. The maximum absolute atomic E-state index is 13.4. The van der Waals surface area contributed by atoms with Gasteiger partial charge < -0.3 is 5.32 Å². The molecular formula is C21H20ClN3O3. The van der Waals surface area contributed by atoms with E-state index in [1.807, 2.05) is 6.92 Å². The predicted octanol–water partition coefficient (Wildman–Crippen LogP) is 3.04. The van der Waals surface area contributed by atoms with Crippen LogP contribution >= 0.6 is 11.6 Å². The number of hydrogen-bond donors (Lipinski definition) is 1. The van der Waals surface area contributed by atoms with Gasteiger partial charge in [0.25, 0.3) is 5.56 Å². The van der Waals surface area contributed by atoms with Crippen molar-refractivity contribution in [2.75, 3.05) is 0 Å². The Balaban J connectivity index is 2.02. The summed E-state index contributed by atoms with van der Waals surface area (Å²) in [6.45, 7) is 1.85. The van der Waals surface area contributed by atoms with Crippen molar-refractivity contribution in [2.45, 2.75) is 38.3 Å². The average molecular weight is 398 g/mol. The van der Waals surface area contributed by atoms with Crippen LogP contribution in [0.15, 0.2) is 58.1 Å². The number of carbonyl (C=O) groups excluding carboxylic acids is 1. The molecule has 1 aliphatic rings. The zero-order valence-electron chi connectivity index (χ0n) is 15.4. The highest BCUT2D eigenvalue weighted by atomic mass is 35.5. The lowest BCUT2D eigenvalue weighted by atomic mass is 10.1. The number of rotatable bonds is 5. The SMILES string of the molecule is CC[C@H](C(=O)NC1CC1)n1c(=O)n(-c2ccccc2Cl)c(=O)c2ccccc21.